The van der Waals surface area contributed by atoms with Crippen molar-refractivity contribution in [3.8, 4) is 0 Å². The molecule has 0 aromatic rings. The Morgan fingerprint density at radius 2 is 2.24 bits per heavy atom. The summed E-state index contributed by atoms with van der Waals surface area (Å²) in [5.41, 5.74) is 1.17. The number of halogens is 1. The van der Waals surface area contributed by atoms with Gasteiger partial charge in [-0.25, -0.2) is 0 Å². The van der Waals surface area contributed by atoms with Crippen LogP contribution in [0.2, 0.25) is 0 Å². The Labute approximate surface area is 107 Å². The lowest BCUT2D eigenvalue weighted by Crippen LogP contribution is -2.37. The van der Waals surface area contributed by atoms with E-state index < -0.39 is 0 Å². The van der Waals surface area contributed by atoms with Crippen molar-refractivity contribution in [3.63, 3.8) is 0 Å². The van der Waals surface area contributed by atoms with E-state index in [0.29, 0.717) is 12.1 Å². The molecule has 2 heterocycles. The van der Waals surface area contributed by atoms with E-state index in [1.165, 1.54) is 31.3 Å². The third kappa shape index (κ3) is 2.36. The molecule has 0 N–H and O–H groups in total. The molecule has 0 amide bonds. The summed E-state index contributed by atoms with van der Waals surface area (Å²) in [6, 6.07) is 1.09. The van der Waals surface area contributed by atoms with E-state index in [0.717, 1.165) is 24.0 Å². The summed E-state index contributed by atoms with van der Waals surface area (Å²) in [5, 5.41) is 5.06. The predicted molar refractivity (Wildman–Crippen MR) is 69.2 cm³/mol. The number of fused-ring (bicyclic) bond motifs is 2. The zero-order chi connectivity index (χ0) is 11.8. The molecule has 0 spiro atoms. The zero-order valence-corrected chi connectivity index (χ0v) is 11.0. The van der Waals surface area contributed by atoms with Crippen LogP contribution in [-0.4, -0.2) is 36.9 Å². The quantitative estimate of drug-likeness (QED) is 0.569. The molecular weight excluding hydrogens is 236 g/mol. The maximum absolute atomic E-state index is 6.34. The number of nitrogens with zero attached hydrogens (tertiary/aromatic N) is 2. The molecule has 0 aromatic carbocycles. The van der Waals surface area contributed by atoms with Gasteiger partial charge in [0.1, 0.15) is 6.61 Å². The molecule has 1 saturated carbocycles. The highest BCUT2D eigenvalue weighted by Crippen LogP contribution is 2.38. The highest BCUT2D eigenvalue weighted by molar-refractivity contribution is 6.31. The summed E-state index contributed by atoms with van der Waals surface area (Å²) in [5.74, 6) is 0.751. The van der Waals surface area contributed by atoms with Gasteiger partial charge in [-0.05, 0) is 45.1 Å². The standard InChI is InChI=1S/C13H19ClN2O/c1-16-10-4-5-13(16)11(12(14)6-10)7-15-17-8-9-2-3-9/h7,9-10,13H,2-6,8H2,1H3/b15-7+. The van der Waals surface area contributed by atoms with Crippen LogP contribution in [0, 0.1) is 5.92 Å². The maximum atomic E-state index is 6.34. The summed E-state index contributed by atoms with van der Waals surface area (Å²) in [7, 11) is 2.19. The molecule has 0 aromatic heterocycles. The minimum absolute atomic E-state index is 0.453. The first-order valence-electron chi connectivity index (χ1n) is 6.51. The fourth-order valence-electron chi connectivity index (χ4n) is 2.82. The fourth-order valence-corrected chi connectivity index (χ4v) is 3.17. The Balaban J connectivity index is 1.63. The SMILES string of the molecule is CN1C2CCC1C(/C=N/OCC1CC1)=C(Cl)C2. The average Bonchev–Trinajstić information content (AvgIpc) is 3.07. The summed E-state index contributed by atoms with van der Waals surface area (Å²) in [6.45, 7) is 0.768. The van der Waals surface area contributed by atoms with Crippen molar-refractivity contribution in [2.75, 3.05) is 13.7 Å². The average molecular weight is 255 g/mol. The topological polar surface area (TPSA) is 24.8 Å². The van der Waals surface area contributed by atoms with Gasteiger partial charge in [-0.3, -0.25) is 4.90 Å². The van der Waals surface area contributed by atoms with Crippen molar-refractivity contribution in [2.24, 2.45) is 11.1 Å². The van der Waals surface area contributed by atoms with Crippen molar-refractivity contribution >= 4 is 17.8 Å². The van der Waals surface area contributed by atoms with Crippen LogP contribution in [0.5, 0.6) is 0 Å². The summed E-state index contributed by atoms with van der Waals surface area (Å²) in [6.07, 6.45) is 7.85. The first-order chi connectivity index (χ1) is 8.25. The van der Waals surface area contributed by atoms with Gasteiger partial charge in [0.15, 0.2) is 0 Å². The zero-order valence-electron chi connectivity index (χ0n) is 10.2. The number of hydrogen-bond donors (Lipinski definition) is 0. The molecule has 2 aliphatic heterocycles. The van der Waals surface area contributed by atoms with Crippen LogP contribution in [0.4, 0.5) is 0 Å². The van der Waals surface area contributed by atoms with Gasteiger partial charge in [0.05, 0.1) is 6.21 Å². The van der Waals surface area contributed by atoms with E-state index >= 15 is 0 Å². The Hall–Kier alpha value is -0.540. The van der Waals surface area contributed by atoms with Crippen LogP contribution in [0.1, 0.15) is 32.1 Å². The molecule has 2 atom stereocenters. The van der Waals surface area contributed by atoms with Crippen LogP contribution < -0.4 is 0 Å². The normalized spacial score (nSPS) is 33.8. The van der Waals surface area contributed by atoms with Crippen LogP contribution in [0.25, 0.3) is 0 Å². The lowest BCUT2D eigenvalue weighted by molar-refractivity contribution is 0.135. The highest BCUT2D eigenvalue weighted by atomic mass is 35.5. The largest absolute Gasteiger partial charge is 0.396 e. The van der Waals surface area contributed by atoms with Gasteiger partial charge in [0.25, 0.3) is 0 Å². The van der Waals surface area contributed by atoms with E-state index in [9.17, 15) is 0 Å². The van der Waals surface area contributed by atoms with Crippen molar-refractivity contribution in [2.45, 2.75) is 44.2 Å². The molecular formula is C13H19ClN2O. The molecule has 3 aliphatic rings. The third-order valence-electron chi connectivity index (χ3n) is 4.20. The van der Waals surface area contributed by atoms with Gasteiger partial charge in [-0.15, -0.1) is 0 Å². The molecule has 3 nitrogen and oxygen atoms in total. The number of likely N-dealkylation sites (N-methyl/N-ethyl adjacent to an activating group) is 1. The van der Waals surface area contributed by atoms with Gasteiger partial charge in [0.2, 0.25) is 0 Å². The van der Waals surface area contributed by atoms with Gasteiger partial charge in [-0.1, -0.05) is 16.8 Å². The molecule has 1 saturated heterocycles. The minimum atomic E-state index is 0.453. The molecule has 2 fully saturated rings. The van der Waals surface area contributed by atoms with Gasteiger partial charge in [0, 0.05) is 22.7 Å². The van der Waals surface area contributed by atoms with Crippen LogP contribution in [0.15, 0.2) is 15.8 Å². The second-order valence-electron chi connectivity index (χ2n) is 5.45. The van der Waals surface area contributed by atoms with Crippen LogP contribution >= 0.6 is 11.6 Å². The number of rotatable bonds is 4. The predicted octanol–water partition coefficient (Wildman–Crippen LogP) is 2.76. The van der Waals surface area contributed by atoms with Gasteiger partial charge >= 0.3 is 0 Å². The molecule has 0 radical (unpaired) electrons. The van der Waals surface area contributed by atoms with Crippen molar-refractivity contribution < 1.29 is 4.84 Å². The number of hydrogen-bond acceptors (Lipinski definition) is 3. The maximum Gasteiger partial charge on any atom is 0.120 e. The lowest BCUT2D eigenvalue weighted by atomic mass is 10.0. The van der Waals surface area contributed by atoms with Gasteiger partial charge < -0.3 is 4.84 Å². The van der Waals surface area contributed by atoms with Crippen LogP contribution in [0.3, 0.4) is 0 Å². The van der Waals surface area contributed by atoms with E-state index in [1.54, 1.807) is 0 Å². The van der Waals surface area contributed by atoms with Crippen molar-refractivity contribution in [3.05, 3.63) is 10.6 Å². The van der Waals surface area contributed by atoms with Crippen LogP contribution in [-0.2, 0) is 4.84 Å². The van der Waals surface area contributed by atoms with E-state index in [2.05, 4.69) is 17.1 Å². The molecule has 2 unspecified atom stereocenters. The summed E-state index contributed by atoms with van der Waals surface area (Å²) in [4.78, 5) is 7.73. The molecule has 1 aliphatic carbocycles. The Morgan fingerprint density at radius 1 is 1.41 bits per heavy atom. The lowest BCUT2D eigenvalue weighted by Gasteiger charge is -2.31. The fraction of sp³-hybridized carbons (Fsp3) is 0.769. The smallest absolute Gasteiger partial charge is 0.120 e. The second kappa shape index (κ2) is 4.62. The van der Waals surface area contributed by atoms with E-state index in [-0.39, 0.29) is 0 Å². The first kappa shape index (κ1) is 11.5. The summed E-state index contributed by atoms with van der Waals surface area (Å²) < 4.78 is 0. The second-order valence-corrected chi connectivity index (χ2v) is 5.91. The molecule has 3 rings (SSSR count). The Morgan fingerprint density at radius 3 is 3.00 bits per heavy atom. The van der Waals surface area contributed by atoms with Gasteiger partial charge in [-0.2, -0.15) is 0 Å². The summed E-state index contributed by atoms with van der Waals surface area (Å²) >= 11 is 6.34. The Bertz CT molecular complexity index is 362. The highest BCUT2D eigenvalue weighted by Gasteiger charge is 2.38. The monoisotopic (exact) mass is 254 g/mol. The van der Waals surface area contributed by atoms with E-state index in [4.69, 9.17) is 16.4 Å². The Kier molecular flexibility index (Phi) is 3.14. The van der Waals surface area contributed by atoms with Crippen molar-refractivity contribution in [1.29, 1.82) is 0 Å². The number of oxime groups is 1. The third-order valence-corrected chi connectivity index (χ3v) is 4.57. The van der Waals surface area contributed by atoms with Crippen molar-refractivity contribution in [1.82, 2.24) is 4.90 Å². The molecule has 4 heteroatoms. The molecule has 2 bridgehead atoms. The minimum Gasteiger partial charge on any atom is -0.396 e. The van der Waals surface area contributed by atoms with E-state index in [1.807, 2.05) is 6.21 Å². The first-order valence-corrected chi connectivity index (χ1v) is 6.89. The molecule has 17 heavy (non-hydrogen) atoms. The molecule has 94 valence electrons.